The lowest BCUT2D eigenvalue weighted by atomic mass is 9.49. The van der Waals surface area contributed by atoms with Crippen LogP contribution in [0.15, 0.2) is 36.8 Å². The summed E-state index contributed by atoms with van der Waals surface area (Å²) >= 11 is 0. The van der Waals surface area contributed by atoms with Gasteiger partial charge in [0, 0.05) is 29.3 Å². The number of carbonyl (C=O) groups is 1. The first-order valence-electron chi connectivity index (χ1n) is 9.24. The topological polar surface area (TPSA) is 87.9 Å². The van der Waals surface area contributed by atoms with Gasteiger partial charge >= 0.3 is 6.18 Å². The summed E-state index contributed by atoms with van der Waals surface area (Å²) in [6, 6.07) is 4.54. The molecule has 0 unspecified atom stereocenters. The van der Waals surface area contributed by atoms with Crippen LogP contribution in [0.1, 0.15) is 49.3 Å². The van der Waals surface area contributed by atoms with Crippen molar-refractivity contribution in [1.29, 1.82) is 5.26 Å². The van der Waals surface area contributed by atoms with E-state index in [-0.39, 0.29) is 23.4 Å². The molecule has 9 heteroatoms. The van der Waals surface area contributed by atoms with Crippen molar-refractivity contribution in [2.45, 2.75) is 46.0 Å². The third kappa shape index (κ3) is 3.70. The van der Waals surface area contributed by atoms with Gasteiger partial charge in [-0.05, 0) is 18.2 Å². The SMILES string of the molecule is CC1(C)C(NC(=O)c2cnccn2)C(C)(C)C1Oc1ccc(C#N)c(C(F)(F)F)c1. The number of amides is 1. The van der Waals surface area contributed by atoms with E-state index in [4.69, 9.17) is 10.00 Å². The van der Waals surface area contributed by atoms with Crippen molar-refractivity contribution in [2.24, 2.45) is 10.8 Å². The Labute approximate surface area is 172 Å². The third-order valence-electron chi connectivity index (χ3n) is 5.58. The lowest BCUT2D eigenvalue weighted by Gasteiger charge is -2.63. The summed E-state index contributed by atoms with van der Waals surface area (Å²) in [5, 5.41) is 11.9. The molecule has 1 aliphatic carbocycles. The van der Waals surface area contributed by atoms with Crippen molar-refractivity contribution >= 4 is 5.91 Å². The van der Waals surface area contributed by atoms with Crippen LogP contribution < -0.4 is 10.1 Å². The fourth-order valence-corrected chi connectivity index (χ4v) is 4.49. The summed E-state index contributed by atoms with van der Waals surface area (Å²) in [5.41, 5.74) is -2.47. The van der Waals surface area contributed by atoms with Crippen LogP contribution in [-0.2, 0) is 6.18 Å². The largest absolute Gasteiger partial charge is 0.489 e. The number of nitrogens with one attached hydrogen (secondary N) is 1. The van der Waals surface area contributed by atoms with Gasteiger partial charge in [0.1, 0.15) is 17.5 Å². The monoisotopic (exact) mass is 418 g/mol. The summed E-state index contributed by atoms with van der Waals surface area (Å²) < 4.78 is 45.7. The molecule has 0 atom stereocenters. The molecule has 0 saturated heterocycles. The number of nitrogens with zero attached hydrogens (tertiary/aromatic N) is 3. The van der Waals surface area contributed by atoms with E-state index in [1.54, 1.807) is 6.07 Å². The Balaban J connectivity index is 1.82. The minimum atomic E-state index is -4.66. The number of nitriles is 1. The number of aromatic nitrogens is 2. The average molecular weight is 418 g/mol. The highest BCUT2D eigenvalue weighted by molar-refractivity contribution is 5.92. The van der Waals surface area contributed by atoms with Crippen LogP contribution in [0.5, 0.6) is 5.75 Å². The molecule has 158 valence electrons. The van der Waals surface area contributed by atoms with Gasteiger partial charge in [-0.25, -0.2) is 4.98 Å². The second kappa shape index (κ2) is 7.27. The Hall–Kier alpha value is -3.15. The number of hydrogen-bond acceptors (Lipinski definition) is 5. The Bertz CT molecular complexity index is 982. The van der Waals surface area contributed by atoms with Gasteiger partial charge in [0.2, 0.25) is 0 Å². The molecule has 0 radical (unpaired) electrons. The van der Waals surface area contributed by atoms with E-state index in [9.17, 15) is 18.0 Å². The summed E-state index contributed by atoms with van der Waals surface area (Å²) in [5.74, 6) is -0.364. The normalized spacial score (nSPS) is 21.8. The van der Waals surface area contributed by atoms with Crippen LogP contribution in [0.4, 0.5) is 13.2 Å². The average Bonchev–Trinajstić information content (AvgIpc) is 2.69. The third-order valence-corrected chi connectivity index (χ3v) is 5.58. The zero-order valence-electron chi connectivity index (χ0n) is 16.9. The van der Waals surface area contributed by atoms with E-state index in [1.165, 1.54) is 24.7 Å². The van der Waals surface area contributed by atoms with E-state index in [2.05, 4.69) is 15.3 Å². The highest BCUT2D eigenvalue weighted by Gasteiger charge is 2.64. The van der Waals surface area contributed by atoms with Crippen LogP contribution in [0.2, 0.25) is 0 Å². The van der Waals surface area contributed by atoms with Gasteiger partial charge in [-0.1, -0.05) is 27.7 Å². The van der Waals surface area contributed by atoms with Crippen molar-refractivity contribution in [3.05, 3.63) is 53.6 Å². The Morgan fingerprint density at radius 3 is 2.40 bits per heavy atom. The zero-order chi connectivity index (χ0) is 22.3. The molecule has 1 fully saturated rings. The predicted octanol–water partition coefficient (Wildman–Crippen LogP) is 3.98. The van der Waals surface area contributed by atoms with Gasteiger partial charge in [-0.3, -0.25) is 9.78 Å². The lowest BCUT2D eigenvalue weighted by Crippen LogP contribution is -2.74. The van der Waals surface area contributed by atoms with Gasteiger partial charge in [0.25, 0.3) is 5.91 Å². The second-order valence-electron chi connectivity index (χ2n) is 8.45. The molecule has 3 rings (SSSR count). The van der Waals surface area contributed by atoms with Gasteiger partial charge in [-0.15, -0.1) is 0 Å². The number of hydrogen-bond donors (Lipinski definition) is 1. The van der Waals surface area contributed by atoms with E-state index in [0.717, 1.165) is 12.1 Å². The number of carbonyl (C=O) groups excluding carboxylic acids is 1. The smallest absolute Gasteiger partial charge is 0.417 e. The Morgan fingerprint density at radius 1 is 1.20 bits per heavy atom. The molecule has 1 aromatic heterocycles. The molecular weight excluding hydrogens is 397 g/mol. The van der Waals surface area contributed by atoms with Gasteiger partial charge in [0.05, 0.1) is 23.4 Å². The van der Waals surface area contributed by atoms with Crippen LogP contribution in [0.3, 0.4) is 0 Å². The zero-order valence-corrected chi connectivity index (χ0v) is 16.9. The molecule has 0 bridgehead atoms. The van der Waals surface area contributed by atoms with Crippen molar-refractivity contribution < 1.29 is 22.7 Å². The summed E-state index contributed by atoms with van der Waals surface area (Å²) in [4.78, 5) is 20.4. The molecule has 1 amide bonds. The van der Waals surface area contributed by atoms with Crippen molar-refractivity contribution in [2.75, 3.05) is 0 Å². The van der Waals surface area contributed by atoms with Crippen molar-refractivity contribution in [1.82, 2.24) is 15.3 Å². The predicted molar refractivity (Wildman–Crippen MR) is 101 cm³/mol. The molecular formula is C21H21F3N4O2. The number of halogens is 3. The highest BCUT2D eigenvalue weighted by Crippen LogP contribution is 2.55. The molecule has 1 N–H and O–H groups in total. The molecule has 30 heavy (non-hydrogen) atoms. The van der Waals surface area contributed by atoms with E-state index >= 15 is 0 Å². The van der Waals surface area contributed by atoms with Crippen LogP contribution in [0, 0.1) is 22.2 Å². The fraction of sp³-hybridized carbons (Fsp3) is 0.429. The summed E-state index contributed by atoms with van der Waals surface area (Å²) in [6.45, 7) is 7.50. The minimum Gasteiger partial charge on any atom is -0.489 e. The number of rotatable bonds is 4. The first-order chi connectivity index (χ1) is 13.9. The molecule has 1 saturated carbocycles. The van der Waals surface area contributed by atoms with E-state index in [1.807, 2.05) is 27.7 Å². The maximum absolute atomic E-state index is 13.3. The van der Waals surface area contributed by atoms with Gasteiger partial charge in [0.15, 0.2) is 0 Å². The highest BCUT2D eigenvalue weighted by atomic mass is 19.4. The summed E-state index contributed by atoms with van der Waals surface area (Å²) in [7, 11) is 0. The summed E-state index contributed by atoms with van der Waals surface area (Å²) in [6.07, 6.45) is -0.906. The molecule has 1 aliphatic rings. The fourth-order valence-electron chi connectivity index (χ4n) is 4.49. The molecule has 2 aromatic rings. The minimum absolute atomic E-state index is 0.0196. The van der Waals surface area contributed by atoms with Crippen molar-refractivity contribution in [3.63, 3.8) is 0 Å². The number of benzene rings is 1. The maximum atomic E-state index is 13.3. The standard InChI is InChI=1S/C21H21F3N4O2/c1-19(2)17(28-16(29)15-11-26-7-8-27-15)20(3,4)18(19)30-13-6-5-12(10-25)14(9-13)21(22,23)24/h5-9,11,17-18H,1-4H3,(H,28,29). The maximum Gasteiger partial charge on any atom is 0.417 e. The van der Waals surface area contributed by atoms with Crippen LogP contribution in [0.25, 0.3) is 0 Å². The van der Waals surface area contributed by atoms with E-state index in [0.29, 0.717) is 0 Å². The molecule has 1 aromatic carbocycles. The first-order valence-corrected chi connectivity index (χ1v) is 9.24. The Morgan fingerprint density at radius 2 is 1.87 bits per heavy atom. The molecule has 1 heterocycles. The van der Waals surface area contributed by atoms with E-state index < -0.39 is 34.2 Å². The quantitative estimate of drug-likeness (QED) is 0.812. The van der Waals surface area contributed by atoms with Gasteiger partial charge < -0.3 is 10.1 Å². The number of alkyl halides is 3. The molecule has 0 aliphatic heterocycles. The molecule has 6 nitrogen and oxygen atoms in total. The second-order valence-corrected chi connectivity index (χ2v) is 8.45. The Kier molecular flexibility index (Phi) is 5.23. The van der Waals surface area contributed by atoms with Crippen LogP contribution in [-0.4, -0.2) is 28.0 Å². The van der Waals surface area contributed by atoms with Gasteiger partial charge in [-0.2, -0.15) is 18.4 Å². The first kappa shape index (κ1) is 21.6. The van der Waals surface area contributed by atoms with Crippen molar-refractivity contribution in [3.8, 4) is 11.8 Å². The lowest BCUT2D eigenvalue weighted by molar-refractivity contribution is -0.164. The van der Waals surface area contributed by atoms with Crippen LogP contribution >= 0.6 is 0 Å². The molecule has 0 spiro atoms. The number of ether oxygens (including phenoxy) is 1.